The molecule has 8 nitrogen and oxygen atoms in total. The van der Waals surface area contributed by atoms with Crippen LogP contribution < -0.4 is 10.7 Å². The topological polar surface area (TPSA) is 127 Å². The molecule has 2 aromatic carbocycles. The first kappa shape index (κ1) is 19.6. The smallest absolute Gasteiger partial charge is 0.261 e. The number of nitriles is 2. The van der Waals surface area contributed by atoms with Crippen molar-refractivity contribution < 1.29 is 9.18 Å². The highest BCUT2D eigenvalue weighted by Crippen LogP contribution is 2.24. The Bertz CT molecular complexity index is 1490. The van der Waals surface area contributed by atoms with E-state index in [1.807, 2.05) is 18.2 Å². The number of aromatic nitrogens is 3. The standard InChI is InChI=1S/C22H13FN6O2/c1-12-18(22(31)27-16-9-15(23)8-7-14(16)10-24)20(30)21-26-17(11-25)19(29(21)28-12)13-5-3-2-4-6-13/h2-9,28H,1H3,(H,27,31). The average Bonchev–Trinajstić information content (AvgIpc) is 3.13. The van der Waals surface area contributed by atoms with Crippen LogP contribution in [0.3, 0.4) is 0 Å². The third-order valence-corrected chi connectivity index (χ3v) is 4.69. The largest absolute Gasteiger partial charge is 0.320 e. The Morgan fingerprint density at radius 1 is 1.16 bits per heavy atom. The predicted octanol–water partition coefficient (Wildman–Crippen LogP) is 3.13. The van der Waals surface area contributed by atoms with E-state index in [0.717, 1.165) is 12.1 Å². The highest BCUT2D eigenvalue weighted by molar-refractivity contribution is 6.06. The Hall–Kier alpha value is -4.76. The summed E-state index contributed by atoms with van der Waals surface area (Å²) in [6.07, 6.45) is 0. The molecule has 0 unspecified atom stereocenters. The summed E-state index contributed by atoms with van der Waals surface area (Å²) in [6, 6.07) is 16.1. The molecule has 0 radical (unpaired) electrons. The van der Waals surface area contributed by atoms with Gasteiger partial charge in [-0.25, -0.2) is 13.9 Å². The van der Waals surface area contributed by atoms with Gasteiger partial charge >= 0.3 is 0 Å². The number of H-pyrrole nitrogens is 1. The van der Waals surface area contributed by atoms with Gasteiger partial charge in [-0.1, -0.05) is 30.3 Å². The molecular weight excluding hydrogens is 399 g/mol. The fraction of sp³-hybridized carbons (Fsp3) is 0.0455. The number of aromatic amines is 1. The second-order valence-corrected chi connectivity index (χ2v) is 6.64. The first-order valence-electron chi connectivity index (χ1n) is 9.06. The number of halogens is 1. The number of carbonyl (C=O) groups is 1. The SMILES string of the molecule is Cc1[nH]n2c(-c3ccccc3)c(C#N)nc2c(=O)c1C(=O)Nc1cc(F)ccc1C#N. The molecule has 2 N–H and O–H groups in total. The van der Waals surface area contributed by atoms with Gasteiger partial charge in [0.2, 0.25) is 11.1 Å². The molecule has 4 aromatic rings. The molecule has 4 rings (SSSR count). The first-order valence-corrected chi connectivity index (χ1v) is 9.06. The van der Waals surface area contributed by atoms with Crippen LogP contribution in [0.1, 0.15) is 27.3 Å². The molecule has 0 bridgehead atoms. The lowest BCUT2D eigenvalue weighted by molar-refractivity contribution is 0.102. The summed E-state index contributed by atoms with van der Waals surface area (Å²) >= 11 is 0. The van der Waals surface area contributed by atoms with Gasteiger partial charge in [-0.3, -0.25) is 14.7 Å². The third-order valence-electron chi connectivity index (χ3n) is 4.69. The summed E-state index contributed by atoms with van der Waals surface area (Å²) < 4.78 is 14.9. The molecule has 0 saturated heterocycles. The second kappa shape index (κ2) is 7.58. The Labute approximate surface area is 174 Å². The number of anilines is 1. The van der Waals surface area contributed by atoms with Crippen molar-refractivity contribution in [3.05, 3.63) is 87.1 Å². The molecule has 2 aromatic heterocycles. The van der Waals surface area contributed by atoms with Gasteiger partial charge in [0.1, 0.15) is 29.2 Å². The zero-order valence-electron chi connectivity index (χ0n) is 16.1. The van der Waals surface area contributed by atoms with Crippen LogP contribution in [-0.4, -0.2) is 20.5 Å². The van der Waals surface area contributed by atoms with Crippen molar-refractivity contribution in [2.75, 3.05) is 5.32 Å². The zero-order chi connectivity index (χ0) is 22.1. The lowest BCUT2D eigenvalue weighted by Crippen LogP contribution is -2.26. The molecule has 9 heteroatoms. The normalized spacial score (nSPS) is 10.5. The highest BCUT2D eigenvalue weighted by atomic mass is 19.1. The van der Waals surface area contributed by atoms with Crippen molar-refractivity contribution in [1.29, 1.82) is 10.5 Å². The van der Waals surface area contributed by atoms with E-state index >= 15 is 0 Å². The van der Waals surface area contributed by atoms with Crippen LogP contribution in [0.5, 0.6) is 0 Å². The summed E-state index contributed by atoms with van der Waals surface area (Å²) in [7, 11) is 0. The van der Waals surface area contributed by atoms with Crippen LogP contribution in [0.4, 0.5) is 10.1 Å². The molecule has 150 valence electrons. The molecule has 0 aliphatic heterocycles. The molecule has 1 amide bonds. The van der Waals surface area contributed by atoms with E-state index in [9.17, 15) is 24.5 Å². The van der Waals surface area contributed by atoms with E-state index in [1.54, 1.807) is 24.3 Å². The second-order valence-electron chi connectivity index (χ2n) is 6.64. The summed E-state index contributed by atoms with van der Waals surface area (Å²) in [5.74, 6) is -1.47. The van der Waals surface area contributed by atoms with Gasteiger partial charge in [-0.05, 0) is 25.1 Å². The zero-order valence-corrected chi connectivity index (χ0v) is 16.1. The fourth-order valence-electron chi connectivity index (χ4n) is 3.30. The maximum atomic E-state index is 13.6. The summed E-state index contributed by atoms with van der Waals surface area (Å²) in [6.45, 7) is 1.52. The van der Waals surface area contributed by atoms with Gasteiger partial charge in [0.25, 0.3) is 5.91 Å². The number of nitrogens with zero attached hydrogens (tertiary/aromatic N) is 4. The Morgan fingerprint density at radius 2 is 1.90 bits per heavy atom. The Kier molecular flexibility index (Phi) is 4.78. The van der Waals surface area contributed by atoms with E-state index in [4.69, 9.17) is 0 Å². The number of nitrogens with one attached hydrogen (secondary N) is 2. The van der Waals surface area contributed by atoms with E-state index in [-0.39, 0.29) is 33.8 Å². The quantitative estimate of drug-likeness (QED) is 0.534. The van der Waals surface area contributed by atoms with E-state index in [0.29, 0.717) is 11.3 Å². The van der Waals surface area contributed by atoms with Gasteiger partial charge in [0.15, 0.2) is 5.69 Å². The monoisotopic (exact) mass is 412 g/mol. The number of aryl methyl sites for hydroxylation is 1. The van der Waals surface area contributed by atoms with Gasteiger partial charge in [-0.15, -0.1) is 0 Å². The molecule has 0 spiro atoms. The van der Waals surface area contributed by atoms with Crippen LogP contribution in [-0.2, 0) is 0 Å². The van der Waals surface area contributed by atoms with Gasteiger partial charge in [0, 0.05) is 11.3 Å². The lowest BCUT2D eigenvalue weighted by Gasteiger charge is -2.10. The summed E-state index contributed by atoms with van der Waals surface area (Å²) in [4.78, 5) is 30.1. The van der Waals surface area contributed by atoms with Crippen molar-refractivity contribution in [2.24, 2.45) is 0 Å². The van der Waals surface area contributed by atoms with Crippen molar-refractivity contribution in [1.82, 2.24) is 14.6 Å². The van der Waals surface area contributed by atoms with Gasteiger partial charge < -0.3 is 5.32 Å². The fourth-order valence-corrected chi connectivity index (χ4v) is 3.30. The first-order chi connectivity index (χ1) is 14.9. The van der Waals surface area contributed by atoms with Crippen molar-refractivity contribution in [2.45, 2.75) is 6.92 Å². The van der Waals surface area contributed by atoms with Crippen molar-refractivity contribution >= 4 is 17.2 Å². The molecular formula is C22H13FN6O2. The number of hydrogen-bond acceptors (Lipinski definition) is 5. The molecule has 2 heterocycles. The van der Waals surface area contributed by atoms with Crippen molar-refractivity contribution in [3.63, 3.8) is 0 Å². The minimum atomic E-state index is -0.828. The molecule has 31 heavy (non-hydrogen) atoms. The minimum Gasteiger partial charge on any atom is -0.320 e. The number of rotatable bonds is 3. The van der Waals surface area contributed by atoms with E-state index in [1.165, 1.54) is 17.5 Å². The number of carbonyl (C=O) groups excluding carboxylic acids is 1. The van der Waals surface area contributed by atoms with Crippen LogP contribution in [0.25, 0.3) is 16.9 Å². The van der Waals surface area contributed by atoms with Gasteiger partial charge in [0.05, 0.1) is 11.3 Å². The molecule has 0 aliphatic rings. The highest BCUT2D eigenvalue weighted by Gasteiger charge is 2.23. The molecule has 0 aliphatic carbocycles. The maximum Gasteiger partial charge on any atom is 0.261 e. The molecule has 0 fully saturated rings. The summed E-state index contributed by atoms with van der Waals surface area (Å²) in [5, 5.41) is 24.0. The lowest BCUT2D eigenvalue weighted by atomic mass is 10.1. The van der Waals surface area contributed by atoms with Gasteiger partial charge in [-0.2, -0.15) is 10.5 Å². The third kappa shape index (κ3) is 3.30. The van der Waals surface area contributed by atoms with E-state index < -0.39 is 17.2 Å². The maximum absolute atomic E-state index is 13.6. The average molecular weight is 412 g/mol. The van der Waals surface area contributed by atoms with Crippen LogP contribution >= 0.6 is 0 Å². The van der Waals surface area contributed by atoms with Crippen LogP contribution in [0.2, 0.25) is 0 Å². The minimum absolute atomic E-state index is 0.0217. The Balaban J connectivity index is 1.87. The van der Waals surface area contributed by atoms with E-state index in [2.05, 4.69) is 15.4 Å². The van der Waals surface area contributed by atoms with Crippen molar-refractivity contribution in [3.8, 4) is 23.4 Å². The number of fused-ring (bicyclic) bond motifs is 1. The molecule has 0 atom stereocenters. The Morgan fingerprint density at radius 3 is 2.58 bits per heavy atom. The van der Waals surface area contributed by atoms with Crippen LogP contribution in [0, 0.1) is 35.4 Å². The number of imidazole rings is 1. The van der Waals surface area contributed by atoms with Crippen LogP contribution in [0.15, 0.2) is 53.3 Å². The number of amides is 1. The predicted molar refractivity (Wildman–Crippen MR) is 110 cm³/mol. The molecule has 0 saturated carbocycles. The number of benzene rings is 2. The number of hydrogen-bond donors (Lipinski definition) is 2. The summed E-state index contributed by atoms with van der Waals surface area (Å²) in [5.41, 5.74) is 0.181.